The molecule has 2 saturated carbocycles. The van der Waals surface area contributed by atoms with E-state index in [1.807, 2.05) is 0 Å². The van der Waals surface area contributed by atoms with Gasteiger partial charge in [-0.25, -0.2) is 13.2 Å². The van der Waals surface area contributed by atoms with Gasteiger partial charge in [-0.3, -0.25) is 0 Å². The minimum absolute atomic E-state index is 0.0315. The summed E-state index contributed by atoms with van der Waals surface area (Å²) in [6.45, 7) is 7.62. The number of ether oxygens (including phenoxy) is 1. The van der Waals surface area contributed by atoms with Crippen LogP contribution in [0.1, 0.15) is 50.0 Å². The number of hydrogen-bond donors (Lipinski definition) is 0. The number of benzene rings is 2. The molecule has 0 aliphatic heterocycles. The summed E-state index contributed by atoms with van der Waals surface area (Å²) in [6, 6.07) is 6.87. The van der Waals surface area contributed by atoms with Gasteiger partial charge in [0.15, 0.2) is 11.6 Å². The lowest BCUT2D eigenvalue weighted by Gasteiger charge is -2.41. The Kier molecular flexibility index (Phi) is 6.54. The molecule has 2 aromatic rings. The predicted molar refractivity (Wildman–Crippen MR) is 119 cm³/mol. The van der Waals surface area contributed by atoms with Crippen LogP contribution in [0.5, 0.6) is 5.75 Å². The SMILES string of the molecule is C=CCOc1ccc(-c2c(F)cc(C3CCC4CC(C=C)CCC4C3)cc2F)cc1F. The smallest absolute Gasteiger partial charge is 0.165 e. The molecule has 2 fully saturated rings. The molecule has 2 aliphatic rings. The van der Waals surface area contributed by atoms with Crippen LogP contribution in [0.4, 0.5) is 13.2 Å². The minimum atomic E-state index is -0.657. The Morgan fingerprint density at radius 3 is 2.26 bits per heavy atom. The van der Waals surface area contributed by atoms with E-state index in [1.54, 1.807) is 0 Å². The first-order chi connectivity index (χ1) is 15.0. The van der Waals surface area contributed by atoms with Crippen molar-refractivity contribution in [3.8, 4) is 16.9 Å². The van der Waals surface area contributed by atoms with Gasteiger partial charge in [0.25, 0.3) is 0 Å². The van der Waals surface area contributed by atoms with Gasteiger partial charge in [-0.2, -0.15) is 0 Å². The van der Waals surface area contributed by atoms with E-state index in [0.29, 0.717) is 17.8 Å². The van der Waals surface area contributed by atoms with Crippen LogP contribution in [0.2, 0.25) is 0 Å². The second kappa shape index (κ2) is 9.33. The molecule has 1 nitrogen and oxygen atoms in total. The molecule has 4 heteroatoms. The Bertz CT molecular complexity index is 944. The molecule has 31 heavy (non-hydrogen) atoms. The van der Waals surface area contributed by atoms with Crippen molar-refractivity contribution in [2.24, 2.45) is 17.8 Å². The largest absolute Gasteiger partial charge is 0.486 e. The first-order valence-corrected chi connectivity index (χ1v) is 11.1. The average molecular weight is 427 g/mol. The Labute approximate surface area is 182 Å². The van der Waals surface area contributed by atoms with Gasteiger partial charge >= 0.3 is 0 Å². The van der Waals surface area contributed by atoms with E-state index >= 15 is 0 Å². The van der Waals surface area contributed by atoms with E-state index in [-0.39, 0.29) is 29.4 Å². The maximum absolute atomic E-state index is 15.0. The van der Waals surface area contributed by atoms with E-state index in [1.165, 1.54) is 43.2 Å². The molecule has 0 amide bonds. The van der Waals surface area contributed by atoms with Crippen molar-refractivity contribution in [2.75, 3.05) is 6.61 Å². The molecule has 0 saturated heterocycles. The highest BCUT2D eigenvalue weighted by molar-refractivity contribution is 5.66. The van der Waals surface area contributed by atoms with E-state index in [9.17, 15) is 13.2 Å². The molecule has 0 heterocycles. The number of allylic oxidation sites excluding steroid dienone is 1. The van der Waals surface area contributed by atoms with Gasteiger partial charge in [-0.1, -0.05) is 24.8 Å². The highest BCUT2D eigenvalue weighted by Crippen LogP contribution is 2.48. The van der Waals surface area contributed by atoms with Crippen molar-refractivity contribution in [2.45, 2.75) is 44.4 Å². The number of fused-ring (bicyclic) bond motifs is 1. The monoisotopic (exact) mass is 426 g/mol. The van der Waals surface area contributed by atoms with Crippen LogP contribution in [0.15, 0.2) is 55.6 Å². The second-order valence-corrected chi connectivity index (χ2v) is 8.94. The molecule has 4 atom stereocenters. The fourth-order valence-corrected chi connectivity index (χ4v) is 5.47. The maximum atomic E-state index is 15.0. The van der Waals surface area contributed by atoms with Crippen molar-refractivity contribution < 1.29 is 17.9 Å². The maximum Gasteiger partial charge on any atom is 0.165 e. The molecule has 4 unspecified atom stereocenters. The third-order valence-electron chi connectivity index (χ3n) is 7.10. The molecule has 0 bridgehead atoms. The molecular formula is C27H29F3O. The highest BCUT2D eigenvalue weighted by atomic mass is 19.1. The quantitative estimate of drug-likeness (QED) is 0.428. The Morgan fingerprint density at radius 2 is 1.58 bits per heavy atom. The lowest BCUT2D eigenvalue weighted by atomic mass is 9.64. The van der Waals surface area contributed by atoms with E-state index in [4.69, 9.17) is 4.74 Å². The van der Waals surface area contributed by atoms with Crippen molar-refractivity contribution in [3.63, 3.8) is 0 Å². The van der Waals surface area contributed by atoms with Gasteiger partial charge in [0.05, 0.1) is 5.56 Å². The summed E-state index contributed by atoms with van der Waals surface area (Å²) in [6.07, 6.45) is 10.1. The molecule has 0 spiro atoms. The standard InChI is InChI=1S/C27H29F3O/c1-3-11-31-26-10-9-21(14-23(26)28)27-24(29)15-22(16-25(27)30)20-8-7-18-12-17(4-2)5-6-19(18)13-20/h3-4,9-10,14-20H,1-2,5-8,11-13H2. The zero-order valence-electron chi connectivity index (χ0n) is 17.8. The highest BCUT2D eigenvalue weighted by Gasteiger charge is 2.35. The van der Waals surface area contributed by atoms with Crippen LogP contribution >= 0.6 is 0 Å². The van der Waals surface area contributed by atoms with E-state index in [0.717, 1.165) is 37.3 Å². The molecule has 0 aromatic heterocycles. The van der Waals surface area contributed by atoms with Crippen molar-refractivity contribution >= 4 is 0 Å². The topological polar surface area (TPSA) is 9.23 Å². The molecule has 0 radical (unpaired) electrons. The summed E-state index contributed by atoms with van der Waals surface area (Å²) >= 11 is 0. The summed E-state index contributed by atoms with van der Waals surface area (Å²) in [5.74, 6) is 0.189. The van der Waals surface area contributed by atoms with Crippen LogP contribution in [-0.2, 0) is 0 Å². The fraction of sp³-hybridized carbons (Fsp3) is 0.407. The van der Waals surface area contributed by atoms with Crippen LogP contribution in [0.3, 0.4) is 0 Å². The summed E-state index contributed by atoms with van der Waals surface area (Å²) in [7, 11) is 0. The normalized spacial score (nSPS) is 25.5. The van der Waals surface area contributed by atoms with Gasteiger partial charge in [0.2, 0.25) is 0 Å². The van der Waals surface area contributed by atoms with Crippen LogP contribution < -0.4 is 4.74 Å². The average Bonchev–Trinajstić information content (AvgIpc) is 2.77. The first-order valence-electron chi connectivity index (χ1n) is 11.1. The van der Waals surface area contributed by atoms with Gasteiger partial charge in [0, 0.05) is 0 Å². The lowest BCUT2D eigenvalue weighted by molar-refractivity contribution is 0.133. The number of hydrogen-bond acceptors (Lipinski definition) is 1. The Hall–Kier alpha value is -2.49. The Balaban J connectivity index is 1.54. The van der Waals surface area contributed by atoms with Gasteiger partial charge in [0.1, 0.15) is 18.2 Å². The lowest BCUT2D eigenvalue weighted by Crippen LogP contribution is -2.30. The third kappa shape index (κ3) is 4.58. The van der Waals surface area contributed by atoms with Gasteiger partial charge < -0.3 is 4.74 Å². The van der Waals surface area contributed by atoms with Gasteiger partial charge in [-0.05, 0) is 97.6 Å². The molecule has 2 aromatic carbocycles. The predicted octanol–water partition coefficient (Wildman–Crippen LogP) is 7.82. The number of rotatable bonds is 6. The summed E-state index contributed by atoms with van der Waals surface area (Å²) in [5, 5.41) is 0. The zero-order chi connectivity index (χ0) is 22.0. The number of halogens is 3. The third-order valence-corrected chi connectivity index (χ3v) is 7.10. The summed E-state index contributed by atoms with van der Waals surface area (Å²) in [5.41, 5.74) is 0.684. The molecular weight excluding hydrogens is 397 g/mol. The van der Waals surface area contributed by atoms with E-state index < -0.39 is 17.5 Å². The van der Waals surface area contributed by atoms with Crippen molar-refractivity contribution in [1.29, 1.82) is 0 Å². The van der Waals surface area contributed by atoms with E-state index in [2.05, 4.69) is 19.2 Å². The van der Waals surface area contributed by atoms with Crippen molar-refractivity contribution in [3.05, 3.63) is 78.7 Å². The fourth-order valence-electron chi connectivity index (χ4n) is 5.47. The molecule has 2 aliphatic carbocycles. The summed E-state index contributed by atoms with van der Waals surface area (Å²) in [4.78, 5) is 0. The van der Waals surface area contributed by atoms with Gasteiger partial charge in [-0.15, -0.1) is 6.58 Å². The minimum Gasteiger partial charge on any atom is -0.486 e. The first kappa shape index (κ1) is 21.7. The zero-order valence-corrected chi connectivity index (χ0v) is 17.8. The van der Waals surface area contributed by atoms with Crippen LogP contribution in [0.25, 0.3) is 11.1 Å². The Morgan fingerprint density at radius 1 is 0.871 bits per heavy atom. The molecule has 164 valence electrons. The van der Waals surface area contributed by atoms with Crippen molar-refractivity contribution in [1.82, 2.24) is 0 Å². The molecule has 4 rings (SSSR count). The van der Waals surface area contributed by atoms with Crippen LogP contribution in [0, 0.1) is 35.2 Å². The summed E-state index contributed by atoms with van der Waals surface area (Å²) < 4.78 is 49.5. The second-order valence-electron chi connectivity index (χ2n) is 8.94. The molecule has 0 N–H and O–H groups in total. The van der Waals surface area contributed by atoms with Crippen LogP contribution in [-0.4, -0.2) is 6.61 Å².